The molecule has 0 aromatic heterocycles. The van der Waals surface area contributed by atoms with Crippen molar-refractivity contribution in [1.82, 2.24) is 0 Å². The van der Waals surface area contributed by atoms with E-state index in [1.807, 2.05) is 58.0 Å². The van der Waals surface area contributed by atoms with Crippen LogP contribution in [0.3, 0.4) is 0 Å². The van der Waals surface area contributed by atoms with Gasteiger partial charge in [-0.25, -0.2) is 4.79 Å². The molecule has 3 aliphatic carbocycles. The second-order valence-corrected chi connectivity index (χ2v) is 13.2. The normalized spacial score (nSPS) is 38.7. The van der Waals surface area contributed by atoms with E-state index in [0.717, 1.165) is 5.56 Å². The highest BCUT2D eigenvalue weighted by molar-refractivity contribution is 5.87. The van der Waals surface area contributed by atoms with Crippen LogP contribution in [0.15, 0.2) is 47.6 Å². The van der Waals surface area contributed by atoms with Crippen molar-refractivity contribution in [3.8, 4) is 0 Å². The largest absolute Gasteiger partial charge is 0.462 e. The number of hydrogen-bond donors (Lipinski definition) is 2. The highest BCUT2D eigenvalue weighted by Gasteiger charge is 2.73. The average molecular weight is 583 g/mol. The molecule has 2 saturated carbocycles. The van der Waals surface area contributed by atoms with E-state index in [2.05, 4.69) is 0 Å². The lowest BCUT2D eigenvalue weighted by Crippen LogP contribution is -2.67. The summed E-state index contributed by atoms with van der Waals surface area (Å²) in [6.07, 6.45) is -0.383. The number of carbonyl (C=O) groups is 3. The third-order valence-corrected chi connectivity index (χ3v) is 10.3. The van der Waals surface area contributed by atoms with E-state index in [0.29, 0.717) is 30.4 Å². The highest BCUT2D eigenvalue weighted by Crippen LogP contribution is 2.64. The minimum Gasteiger partial charge on any atom is -0.462 e. The van der Waals surface area contributed by atoms with Crippen LogP contribution in [0.1, 0.15) is 66.4 Å². The number of esters is 3. The van der Waals surface area contributed by atoms with Crippen molar-refractivity contribution in [2.75, 3.05) is 6.61 Å². The van der Waals surface area contributed by atoms with Crippen molar-refractivity contribution in [3.05, 3.63) is 53.1 Å². The van der Waals surface area contributed by atoms with Gasteiger partial charge in [0.25, 0.3) is 0 Å². The van der Waals surface area contributed by atoms with E-state index in [-0.39, 0.29) is 6.61 Å². The zero-order valence-electron chi connectivity index (χ0n) is 25.2. The Labute approximate surface area is 246 Å². The van der Waals surface area contributed by atoms with Crippen molar-refractivity contribution in [3.63, 3.8) is 0 Å². The van der Waals surface area contributed by atoms with E-state index in [1.165, 1.54) is 19.9 Å². The van der Waals surface area contributed by atoms with Crippen LogP contribution in [-0.2, 0) is 33.3 Å². The van der Waals surface area contributed by atoms with Crippen molar-refractivity contribution in [2.24, 2.45) is 22.7 Å². The summed E-state index contributed by atoms with van der Waals surface area (Å²) in [5.41, 5.74) is -0.554. The summed E-state index contributed by atoms with van der Waals surface area (Å²) in [6, 6.07) is 9.41. The van der Waals surface area contributed by atoms with Crippen LogP contribution in [0.5, 0.6) is 0 Å². The van der Waals surface area contributed by atoms with Gasteiger partial charge in [-0.3, -0.25) is 9.59 Å². The molecule has 2 N–H and O–H groups in total. The molecule has 3 fully saturated rings. The van der Waals surface area contributed by atoms with Gasteiger partial charge in [-0.1, -0.05) is 51.1 Å². The zero-order chi connectivity index (χ0) is 30.6. The van der Waals surface area contributed by atoms with Gasteiger partial charge in [-0.15, -0.1) is 0 Å². The van der Waals surface area contributed by atoms with Gasteiger partial charge in [0, 0.05) is 37.2 Å². The van der Waals surface area contributed by atoms with Crippen LogP contribution in [0, 0.1) is 22.7 Å². The molecule has 4 aliphatic rings. The Kier molecular flexibility index (Phi) is 7.92. The molecule has 1 aliphatic heterocycles. The Balaban J connectivity index is 1.57. The van der Waals surface area contributed by atoms with Crippen LogP contribution in [0.4, 0.5) is 0 Å². The van der Waals surface area contributed by atoms with E-state index in [4.69, 9.17) is 18.9 Å². The van der Waals surface area contributed by atoms with Crippen LogP contribution in [0.25, 0.3) is 6.08 Å². The van der Waals surface area contributed by atoms with Crippen LogP contribution in [-0.4, -0.2) is 70.8 Å². The zero-order valence-corrected chi connectivity index (χ0v) is 25.2. The van der Waals surface area contributed by atoms with Crippen molar-refractivity contribution in [1.29, 1.82) is 0 Å². The van der Waals surface area contributed by atoms with Gasteiger partial charge in [0.1, 0.15) is 30.0 Å². The lowest BCUT2D eigenvalue weighted by molar-refractivity contribution is -0.218. The Hall–Kier alpha value is -3.01. The smallest absolute Gasteiger partial charge is 0.331 e. The molecule has 9 nitrogen and oxygen atoms in total. The summed E-state index contributed by atoms with van der Waals surface area (Å²) in [6.45, 7) is 10.6. The Bertz CT molecular complexity index is 1290. The molecule has 1 saturated heterocycles. The molecule has 1 aromatic carbocycles. The number of rotatable bonds is 5. The maximum Gasteiger partial charge on any atom is 0.331 e. The monoisotopic (exact) mass is 582 g/mol. The van der Waals surface area contributed by atoms with E-state index in [1.54, 1.807) is 6.08 Å². The summed E-state index contributed by atoms with van der Waals surface area (Å²) in [7, 11) is 0. The lowest BCUT2D eigenvalue weighted by atomic mass is 9.48. The van der Waals surface area contributed by atoms with Gasteiger partial charge in [0.05, 0.1) is 12.7 Å². The lowest BCUT2D eigenvalue weighted by Gasteiger charge is -2.60. The molecule has 1 spiro atoms. The summed E-state index contributed by atoms with van der Waals surface area (Å²) in [5.74, 6) is -2.50. The topological polar surface area (TPSA) is 132 Å². The fraction of sp³-hybridized carbons (Fsp3) is 0.606. The fourth-order valence-electron chi connectivity index (χ4n) is 8.27. The maximum atomic E-state index is 13.0. The molecular formula is C33H42O9. The first kappa shape index (κ1) is 30.4. The molecule has 1 aromatic rings. The number of aliphatic hydroxyl groups excluding tert-OH is 2. The van der Waals surface area contributed by atoms with E-state index in [9.17, 15) is 24.6 Å². The molecule has 0 amide bonds. The predicted octanol–water partition coefficient (Wildman–Crippen LogP) is 3.76. The van der Waals surface area contributed by atoms with Gasteiger partial charge in [0.2, 0.25) is 0 Å². The van der Waals surface area contributed by atoms with Crippen LogP contribution >= 0.6 is 0 Å². The number of benzene rings is 1. The third kappa shape index (κ3) is 5.09. The summed E-state index contributed by atoms with van der Waals surface area (Å²) < 4.78 is 24.0. The molecule has 42 heavy (non-hydrogen) atoms. The molecule has 228 valence electrons. The molecule has 0 unspecified atom stereocenters. The Morgan fingerprint density at radius 1 is 1.00 bits per heavy atom. The van der Waals surface area contributed by atoms with Gasteiger partial charge >= 0.3 is 17.9 Å². The standard InChI is InChI=1S/C33H42O9/c1-18-23(40-19(2)34)16-22-28(41-20(3)35)29-32(6,30(38)27(37)26(18)31(22,4)5)15-14-24(33(29)17-39-33)42-25(36)13-12-21-10-8-7-9-11-21/h7-13,22-24,27-30,37-38H,14-17H2,1-6H3/t22-,23-,24-,27+,28+,29-,30-,32-,33+/m0/s1. The number of epoxide rings is 1. The first-order chi connectivity index (χ1) is 19.7. The minimum atomic E-state index is -1.25. The predicted molar refractivity (Wildman–Crippen MR) is 153 cm³/mol. The molecule has 9 heteroatoms. The van der Waals surface area contributed by atoms with Crippen molar-refractivity contribution >= 4 is 24.0 Å². The van der Waals surface area contributed by atoms with Gasteiger partial charge < -0.3 is 29.2 Å². The Morgan fingerprint density at radius 2 is 1.64 bits per heavy atom. The van der Waals surface area contributed by atoms with Crippen molar-refractivity contribution < 1.29 is 43.5 Å². The van der Waals surface area contributed by atoms with Crippen LogP contribution in [0.2, 0.25) is 0 Å². The van der Waals surface area contributed by atoms with Gasteiger partial charge in [-0.05, 0) is 54.4 Å². The molecule has 9 atom stereocenters. The van der Waals surface area contributed by atoms with Crippen molar-refractivity contribution in [2.45, 2.75) is 96.9 Å². The second kappa shape index (κ2) is 10.9. The van der Waals surface area contributed by atoms with Crippen LogP contribution < -0.4 is 0 Å². The van der Waals surface area contributed by atoms with E-state index < -0.39 is 76.7 Å². The SMILES string of the molecule is CC(=O)O[C@@H]1[C@@H]2C[C@H](OC(C)=O)C(C)=C([C@@H](O)[C@H](O)[C@@]3(C)CC[C@H](OC(=O)C=Cc4ccccc4)[C@]4(CO4)[C@@H]13)C2(C)C. The van der Waals surface area contributed by atoms with E-state index >= 15 is 0 Å². The summed E-state index contributed by atoms with van der Waals surface area (Å²) in [5, 5.41) is 23.8. The number of aliphatic hydroxyl groups is 2. The highest BCUT2D eigenvalue weighted by atomic mass is 16.6. The molecule has 1 heterocycles. The summed E-state index contributed by atoms with van der Waals surface area (Å²) >= 11 is 0. The number of hydrogen-bond acceptors (Lipinski definition) is 9. The number of ether oxygens (including phenoxy) is 4. The molecular weight excluding hydrogens is 540 g/mol. The van der Waals surface area contributed by atoms with Gasteiger partial charge in [0.15, 0.2) is 0 Å². The average Bonchev–Trinajstić information content (AvgIpc) is 3.70. The Morgan fingerprint density at radius 3 is 2.24 bits per heavy atom. The second-order valence-electron chi connectivity index (χ2n) is 13.2. The number of fused-ring (bicyclic) bond motifs is 4. The first-order valence-electron chi connectivity index (χ1n) is 14.7. The fourth-order valence-corrected chi connectivity index (χ4v) is 8.27. The first-order valence-corrected chi connectivity index (χ1v) is 14.7. The van der Waals surface area contributed by atoms with Gasteiger partial charge in [-0.2, -0.15) is 0 Å². The third-order valence-electron chi connectivity index (χ3n) is 10.3. The maximum absolute atomic E-state index is 13.0. The quantitative estimate of drug-likeness (QED) is 0.175. The molecule has 0 radical (unpaired) electrons. The number of carbonyl (C=O) groups excluding carboxylic acids is 3. The molecule has 5 rings (SSSR count). The molecule has 2 bridgehead atoms. The minimum absolute atomic E-state index is 0.246. The summed E-state index contributed by atoms with van der Waals surface area (Å²) in [4.78, 5) is 37.7.